The van der Waals surface area contributed by atoms with Gasteiger partial charge in [-0.25, -0.2) is 4.99 Å². The van der Waals surface area contributed by atoms with Crippen LogP contribution in [-0.2, 0) is 0 Å². The first-order chi connectivity index (χ1) is 10.6. The number of benzene rings is 2. The van der Waals surface area contributed by atoms with Crippen molar-refractivity contribution in [3.05, 3.63) is 81.7 Å². The average Bonchev–Trinajstić information content (AvgIpc) is 2.50. The fourth-order valence-corrected chi connectivity index (χ4v) is 1.87. The molecule has 0 aliphatic carbocycles. The zero-order valence-corrected chi connectivity index (χ0v) is 12.5. The molecule has 22 heavy (non-hydrogen) atoms. The smallest absolute Gasteiger partial charge is 0.303 e. The van der Waals surface area contributed by atoms with E-state index in [0.717, 1.165) is 16.8 Å². The lowest BCUT2D eigenvalue weighted by atomic mass is 10.2. The Bertz CT molecular complexity index is 736. The lowest BCUT2D eigenvalue weighted by molar-refractivity contribution is -0.414. The van der Waals surface area contributed by atoms with E-state index in [9.17, 15) is 10.1 Å². The van der Waals surface area contributed by atoms with E-state index >= 15 is 0 Å². The fraction of sp³-hybridized carbons (Fsp3) is 0.118. The Balaban J connectivity index is 2.20. The van der Waals surface area contributed by atoms with Crippen LogP contribution in [0.5, 0.6) is 0 Å². The molecule has 2 rings (SSSR count). The second-order valence-corrected chi connectivity index (χ2v) is 4.83. The molecule has 0 aliphatic heterocycles. The number of aliphatic imine (C=N–C) groups is 1. The molecule has 0 fully saturated rings. The van der Waals surface area contributed by atoms with Crippen molar-refractivity contribution in [2.75, 3.05) is 5.32 Å². The molecule has 0 spiro atoms. The Labute approximate surface area is 129 Å². The van der Waals surface area contributed by atoms with Crippen molar-refractivity contribution < 1.29 is 4.92 Å². The number of allylic oxidation sites excluding steroid dienone is 1. The minimum Gasteiger partial charge on any atom is -0.356 e. The van der Waals surface area contributed by atoms with Crippen LogP contribution in [0.25, 0.3) is 0 Å². The number of aryl methyl sites for hydroxylation is 2. The number of anilines is 1. The molecule has 0 heterocycles. The summed E-state index contributed by atoms with van der Waals surface area (Å²) in [5, 5.41) is 14.1. The molecular weight excluding hydrogens is 278 g/mol. The highest BCUT2D eigenvalue weighted by Crippen LogP contribution is 2.17. The standard InChI is InChI=1S/C17H17N3O2/c1-13-7-3-5-9-16(13)18-11-15(20(21)22)12-19-17-10-6-4-8-14(17)2/h3-12,18H,1-2H3/b15-11+,19-12?. The molecule has 2 aromatic carbocycles. The number of nitro groups is 1. The summed E-state index contributed by atoms with van der Waals surface area (Å²) >= 11 is 0. The number of hydrogen-bond donors (Lipinski definition) is 1. The second kappa shape index (κ2) is 7.17. The maximum absolute atomic E-state index is 11.1. The lowest BCUT2D eigenvalue weighted by Crippen LogP contribution is -2.03. The summed E-state index contributed by atoms with van der Waals surface area (Å²) in [4.78, 5) is 14.8. The van der Waals surface area contributed by atoms with E-state index < -0.39 is 4.92 Å². The molecule has 0 bridgehead atoms. The van der Waals surface area contributed by atoms with Gasteiger partial charge in [-0.15, -0.1) is 0 Å². The van der Waals surface area contributed by atoms with Gasteiger partial charge < -0.3 is 5.32 Å². The fourth-order valence-electron chi connectivity index (χ4n) is 1.87. The predicted molar refractivity (Wildman–Crippen MR) is 89.2 cm³/mol. The maximum Gasteiger partial charge on any atom is 0.303 e. The van der Waals surface area contributed by atoms with Crippen molar-refractivity contribution in [1.82, 2.24) is 0 Å². The summed E-state index contributed by atoms with van der Waals surface area (Å²) < 4.78 is 0. The number of para-hydroxylation sites is 2. The Morgan fingerprint density at radius 2 is 1.73 bits per heavy atom. The lowest BCUT2D eigenvalue weighted by Gasteiger charge is -2.04. The molecular formula is C17H17N3O2. The van der Waals surface area contributed by atoms with Crippen LogP contribution in [0.3, 0.4) is 0 Å². The summed E-state index contributed by atoms with van der Waals surface area (Å²) in [7, 11) is 0. The molecule has 0 atom stereocenters. The van der Waals surface area contributed by atoms with Crippen LogP contribution in [0.15, 0.2) is 65.4 Å². The Hall–Kier alpha value is -2.95. The van der Waals surface area contributed by atoms with Gasteiger partial charge in [0.25, 0.3) is 0 Å². The van der Waals surface area contributed by atoms with E-state index in [1.165, 1.54) is 12.4 Å². The first-order valence-corrected chi connectivity index (χ1v) is 6.84. The van der Waals surface area contributed by atoms with Gasteiger partial charge in [-0.05, 0) is 37.1 Å². The normalized spacial score (nSPS) is 11.6. The van der Waals surface area contributed by atoms with Gasteiger partial charge in [-0.3, -0.25) is 10.1 Å². The highest BCUT2D eigenvalue weighted by molar-refractivity contribution is 5.79. The summed E-state index contributed by atoms with van der Waals surface area (Å²) in [5.74, 6) is 0. The van der Waals surface area contributed by atoms with Gasteiger partial charge in [-0.1, -0.05) is 36.4 Å². The molecule has 0 saturated carbocycles. The molecule has 0 unspecified atom stereocenters. The Morgan fingerprint density at radius 3 is 2.36 bits per heavy atom. The minimum atomic E-state index is -0.465. The van der Waals surface area contributed by atoms with E-state index in [-0.39, 0.29) is 5.70 Å². The van der Waals surface area contributed by atoms with E-state index in [4.69, 9.17) is 0 Å². The van der Waals surface area contributed by atoms with Gasteiger partial charge >= 0.3 is 5.70 Å². The zero-order valence-electron chi connectivity index (χ0n) is 12.5. The van der Waals surface area contributed by atoms with E-state index in [1.807, 2.05) is 62.4 Å². The molecule has 0 saturated heterocycles. The number of rotatable bonds is 5. The maximum atomic E-state index is 11.1. The van der Waals surface area contributed by atoms with Crippen LogP contribution in [-0.4, -0.2) is 11.1 Å². The third kappa shape index (κ3) is 4.02. The molecule has 0 amide bonds. The number of nitrogens with one attached hydrogen (secondary N) is 1. The summed E-state index contributed by atoms with van der Waals surface area (Å²) in [5.41, 5.74) is 3.41. The largest absolute Gasteiger partial charge is 0.356 e. The van der Waals surface area contributed by atoms with Crippen molar-refractivity contribution in [3.63, 3.8) is 0 Å². The van der Waals surface area contributed by atoms with Gasteiger partial charge in [0.05, 0.1) is 16.8 Å². The van der Waals surface area contributed by atoms with Crippen LogP contribution < -0.4 is 5.32 Å². The van der Waals surface area contributed by atoms with E-state index in [1.54, 1.807) is 0 Å². The summed E-state index contributed by atoms with van der Waals surface area (Å²) in [6, 6.07) is 15.1. The average molecular weight is 295 g/mol. The van der Waals surface area contributed by atoms with Gasteiger partial charge in [0.2, 0.25) is 0 Å². The Morgan fingerprint density at radius 1 is 1.09 bits per heavy atom. The van der Waals surface area contributed by atoms with Crippen molar-refractivity contribution in [1.29, 1.82) is 0 Å². The van der Waals surface area contributed by atoms with E-state index in [0.29, 0.717) is 5.69 Å². The van der Waals surface area contributed by atoms with E-state index in [2.05, 4.69) is 10.3 Å². The van der Waals surface area contributed by atoms with Gasteiger partial charge in [0, 0.05) is 5.69 Å². The first kappa shape index (κ1) is 15.4. The zero-order chi connectivity index (χ0) is 15.9. The quantitative estimate of drug-likeness (QED) is 0.509. The van der Waals surface area contributed by atoms with Crippen molar-refractivity contribution in [2.24, 2.45) is 4.99 Å². The van der Waals surface area contributed by atoms with Crippen LogP contribution >= 0.6 is 0 Å². The van der Waals surface area contributed by atoms with Crippen molar-refractivity contribution in [3.8, 4) is 0 Å². The third-order valence-electron chi connectivity index (χ3n) is 3.18. The van der Waals surface area contributed by atoms with Crippen molar-refractivity contribution >= 4 is 17.6 Å². The molecule has 2 aromatic rings. The molecule has 0 radical (unpaired) electrons. The van der Waals surface area contributed by atoms with Gasteiger partial charge in [0.1, 0.15) is 6.21 Å². The van der Waals surface area contributed by atoms with Crippen LogP contribution in [0.1, 0.15) is 11.1 Å². The van der Waals surface area contributed by atoms with Gasteiger partial charge in [-0.2, -0.15) is 0 Å². The first-order valence-electron chi connectivity index (χ1n) is 6.84. The molecule has 112 valence electrons. The van der Waals surface area contributed by atoms with Crippen molar-refractivity contribution in [2.45, 2.75) is 13.8 Å². The molecule has 0 aliphatic rings. The van der Waals surface area contributed by atoms with Crippen LogP contribution in [0, 0.1) is 24.0 Å². The predicted octanol–water partition coefficient (Wildman–Crippen LogP) is 4.24. The number of nitrogens with zero attached hydrogens (tertiary/aromatic N) is 2. The minimum absolute atomic E-state index is 0.105. The van der Waals surface area contributed by atoms with Gasteiger partial charge in [0.15, 0.2) is 0 Å². The Kier molecular flexibility index (Phi) is 5.03. The summed E-state index contributed by atoms with van der Waals surface area (Å²) in [6.07, 6.45) is 2.61. The number of hydrogen-bond acceptors (Lipinski definition) is 4. The van der Waals surface area contributed by atoms with Crippen LogP contribution in [0.2, 0.25) is 0 Å². The monoisotopic (exact) mass is 295 g/mol. The second-order valence-electron chi connectivity index (χ2n) is 4.83. The molecule has 5 heteroatoms. The SMILES string of the molecule is Cc1ccccc1N=C/C(=C\Nc1ccccc1C)[N+](=O)[O-]. The highest BCUT2D eigenvalue weighted by atomic mass is 16.6. The molecule has 0 aromatic heterocycles. The highest BCUT2D eigenvalue weighted by Gasteiger charge is 2.07. The van der Waals surface area contributed by atoms with Crippen LogP contribution in [0.4, 0.5) is 11.4 Å². The molecule has 1 N–H and O–H groups in total. The molecule has 5 nitrogen and oxygen atoms in total. The third-order valence-corrected chi connectivity index (χ3v) is 3.18. The topological polar surface area (TPSA) is 67.5 Å². The summed E-state index contributed by atoms with van der Waals surface area (Å²) in [6.45, 7) is 3.84.